The number of aromatic carboxylic acids is 1. The van der Waals surface area contributed by atoms with Crippen molar-refractivity contribution >= 4 is 5.97 Å². The predicted molar refractivity (Wildman–Crippen MR) is 72.0 cm³/mol. The molecule has 1 aromatic carbocycles. The van der Waals surface area contributed by atoms with Crippen LogP contribution >= 0.6 is 0 Å². The molecule has 0 fully saturated rings. The van der Waals surface area contributed by atoms with E-state index in [1.807, 2.05) is 12.1 Å². The summed E-state index contributed by atoms with van der Waals surface area (Å²) in [6.45, 7) is 2.17. The van der Waals surface area contributed by atoms with Gasteiger partial charge in [-0.25, -0.2) is 14.5 Å². The van der Waals surface area contributed by atoms with E-state index in [0.717, 1.165) is 12.0 Å². The number of benzene rings is 1. The molecule has 0 aliphatic carbocycles. The van der Waals surface area contributed by atoms with E-state index in [1.165, 1.54) is 23.1 Å². The fraction of sp³-hybridized carbons (Fsp3) is 0.357. The second-order valence-corrected chi connectivity index (χ2v) is 4.49. The molecule has 5 heteroatoms. The lowest BCUT2D eigenvalue weighted by atomic mass is 10.1. The van der Waals surface area contributed by atoms with Crippen molar-refractivity contribution in [3.05, 3.63) is 35.7 Å². The molecule has 0 aliphatic heterocycles. The van der Waals surface area contributed by atoms with Crippen LogP contribution in [-0.2, 0) is 13.5 Å². The normalized spacial score (nSPS) is 10.6. The highest BCUT2D eigenvalue weighted by molar-refractivity contribution is 5.83. The smallest absolute Gasteiger partial charge is 0.375 e. The zero-order valence-corrected chi connectivity index (χ0v) is 11.1. The van der Waals surface area contributed by atoms with Gasteiger partial charge in [0.1, 0.15) is 0 Å². The number of nitrogens with zero attached hydrogens (tertiary/aromatic N) is 3. The molecule has 1 heterocycles. The van der Waals surface area contributed by atoms with Crippen molar-refractivity contribution < 1.29 is 9.90 Å². The minimum Gasteiger partial charge on any atom is -0.475 e. The van der Waals surface area contributed by atoms with Gasteiger partial charge >= 0.3 is 5.97 Å². The molecular weight excluding hydrogens is 242 g/mol. The summed E-state index contributed by atoms with van der Waals surface area (Å²) in [5, 5.41) is 12.7. The number of carboxylic acid groups (broad SMARTS) is 1. The van der Waals surface area contributed by atoms with Gasteiger partial charge in [0.15, 0.2) is 5.82 Å². The van der Waals surface area contributed by atoms with Gasteiger partial charge in [-0.3, -0.25) is 0 Å². The summed E-state index contributed by atoms with van der Waals surface area (Å²) < 4.78 is 1.49. The Kier molecular flexibility index (Phi) is 3.94. The second-order valence-electron chi connectivity index (χ2n) is 4.49. The van der Waals surface area contributed by atoms with Crippen molar-refractivity contribution in [3.63, 3.8) is 0 Å². The fourth-order valence-electron chi connectivity index (χ4n) is 1.93. The standard InChI is InChI=1S/C14H17N3O2/c1-3-4-5-10-6-8-11(9-7-10)13-15-12(14(18)19)16-17(13)2/h6-9H,3-5H2,1-2H3,(H,18,19). The zero-order chi connectivity index (χ0) is 13.8. The molecule has 0 aliphatic rings. The van der Waals surface area contributed by atoms with Crippen molar-refractivity contribution in [2.75, 3.05) is 0 Å². The van der Waals surface area contributed by atoms with Gasteiger partial charge in [0.05, 0.1) is 0 Å². The Morgan fingerprint density at radius 1 is 1.32 bits per heavy atom. The van der Waals surface area contributed by atoms with Crippen LogP contribution in [0.1, 0.15) is 35.9 Å². The van der Waals surface area contributed by atoms with Crippen LogP contribution in [0.4, 0.5) is 0 Å². The molecule has 0 amide bonds. The topological polar surface area (TPSA) is 68.0 Å². The Balaban J connectivity index is 2.24. The molecule has 0 saturated carbocycles. The van der Waals surface area contributed by atoms with Crippen molar-refractivity contribution in [2.45, 2.75) is 26.2 Å². The Hall–Kier alpha value is -2.17. The van der Waals surface area contributed by atoms with Gasteiger partial charge in [-0.1, -0.05) is 37.6 Å². The molecular formula is C14H17N3O2. The summed E-state index contributed by atoms with van der Waals surface area (Å²) in [7, 11) is 1.69. The number of carboxylic acids is 1. The average molecular weight is 259 g/mol. The summed E-state index contributed by atoms with van der Waals surface area (Å²) in [5.41, 5.74) is 2.16. The largest absolute Gasteiger partial charge is 0.475 e. The van der Waals surface area contributed by atoms with Gasteiger partial charge < -0.3 is 5.11 Å². The Morgan fingerprint density at radius 2 is 2.00 bits per heavy atom. The number of unbranched alkanes of at least 4 members (excludes halogenated alkanes) is 1. The van der Waals surface area contributed by atoms with Crippen molar-refractivity contribution in [3.8, 4) is 11.4 Å². The molecule has 1 N–H and O–H groups in total. The van der Waals surface area contributed by atoms with Crippen LogP contribution < -0.4 is 0 Å². The molecule has 0 radical (unpaired) electrons. The minimum absolute atomic E-state index is 0.174. The van der Waals surface area contributed by atoms with E-state index in [-0.39, 0.29) is 5.82 Å². The van der Waals surface area contributed by atoms with Crippen LogP contribution in [-0.4, -0.2) is 25.8 Å². The van der Waals surface area contributed by atoms with Crippen LogP contribution in [0.3, 0.4) is 0 Å². The Morgan fingerprint density at radius 3 is 2.53 bits per heavy atom. The number of carbonyl (C=O) groups is 1. The fourth-order valence-corrected chi connectivity index (χ4v) is 1.93. The van der Waals surface area contributed by atoms with E-state index >= 15 is 0 Å². The monoisotopic (exact) mass is 259 g/mol. The van der Waals surface area contributed by atoms with Crippen molar-refractivity contribution in [1.29, 1.82) is 0 Å². The number of aryl methyl sites for hydroxylation is 2. The Bertz CT molecular complexity index is 573. The molecule has 2 aromatic rings. The maximum Gasteiger partial charge on any atom is 0.375 e. The van der Waals surface area contributed by atoms with Gasteiger partial charge in [-0.05, 0) is 18.4 Å². The van der Waals surface area contributed by atoms with E-state index in [0.29, 0.717) is 5.82 Å². The SMILES string of the molecule is CCCCc1ccc(-c2nc(C(=O)O)nn2C)cc1. The molecule has 5 nitrogen and oxygen atoms in total. The minimum atomic E-state index is -1.11. The van der Waals surface area contributed by atoms with Crippen LogP contribution in [0, 0.1) is 0 Å². The van der Waals surface area contributed by atoms with Crippen LogP contribution in [0.2, 0.25) is 0 Å². The van der Waals surface area contributed by atoms with Gasteiger partial charge in [0.2, 0.25) is 0 Å². The summed E-state index contributed by atoms with van der Waals surface area (Å²) in [6.07, 6.45) is 3.41. The highest BCUT2D eigenvalue weighted by Gasteiger charge is 2.14. The second kappa shape index (κ2) is 5.65. The van der Waals surface area contributed by atoms with Crippen LogP contribution in [0.15, 0.2) is 24.3 Å². The van der Waals surface area contributed by atoms with Gasteiger partial charge in [-0.15, -0.1) is 5.10 Å². The summed E-state index contributed by atoms with van der Waals surface area (Å²) in [6, 6.07) is 8.03. The third-order valence-electron chi connectivity index (χ3n) is 2.99. The third kappa shape index (κ3) is 2.99. The molecule has 1 aromatic heterocycles. The van der Waals surface area contributed by atoms with Gasteiger partial charge in [-0.2, -0.15) is 0 Å². The Labute approximate surface area is 111 Å². The molecule has 0 unspecified atom stereocenters. The number of rotatable bonds is 5. The third-order valence-corrected chi connectivity index (χ3v) is 2.99. The zero-order valence-electron chi connectivity index (χ0n) is 11.1. The molecule has 19 heavy (non-hydrogen) atoms. The highest BCUT2D eigenvalue weighted by atomic mass is 16.4. The predicted octanol–water partition coefficient (Wildman–Crippen LogP) is 2.52. The van der Waals surface area contributed by atoms with E-state index in [4.69, 9.17) is 5.11 Å². The van der Waals surface area contributed by atoms with Gasteiger partial charge in [0, 0.05) is 12.6 Å². The van der Waals surface area contributed by atoms with E-state index in [2.05, 4.69) is 29.1 Å². The summed E-state index contributed by atoms with van der Waals surface area (Å²) >= 11 is 0. The first-order valence-electron chi connectivity index (χ1n) is 6.35. The first-order chi connectivity index (χ1) is 9.11. The van der Waals surface area contributed by atoms with Crippen molar-refractivity contribution in [2.24, 2.45) is 7.05 Å². The molecule has 2 rings (SSSR count). The number of aromatic nitrogens is 3. The quantitative estimate of drug-likeness (QED) is 0.895. The molecule has 0 spiro atoms. The maximum atomic E-state index is 10.8. The van der Waals surface area contributed by atoms with E-state index in [1.54, 1.807) is 7.05 Å². The van der Waals surface area contributed by atoms with E-state index in [9.17, 15) is 4.79 Å². The highest BCUT2D eigenvalue weighted by Crippen LogP contribution is 2.18. The summed E-state index contributed by atoms with van der Waals surface area (Å²) in [5.74, 6) is -0.714. The molecule has 0 saturated heterocycles. The van der Waals surface area contributed by atoms with Crippen LogP contribution in [0.25, 0.3) is 11.4 Å². The molecule has 100 valence electrons. The molecule has 0 bridgehead atoms. The lowest BCUT2D eigenvalue weighted by Crippen LogP contribution is -2.00. The first kappa shape index (κ1) is 13.3. The number of hydrogen-bond donors (Lipinski definition) is 1. The van der Waals surface area contributed by atoms with Crippen molar-refractivity contribution in [1.82, 2.24) is 14.8 Å². The lowest BCUT2D eigenvalue weighted by Gasteiger charge is -2.03. The number of hydrogen-bond acceptors (Lipinski definition) is 3. The molecule has 0 atom stereocenters. The maximum absolute atomic E-state index is 10.8. The van der Waals surface area contributed by atoms with Gasteiger partial charge in [0.25, 0.3) is 5.82 Å². The van der Waals surface area contributed by atoms with E-state index < -0.39 is 5.97 Å². The van der Waals surface area contributed by atoms with Crippen LogP contribution in [0.5, 0.6) is 0 Å². The lowest BCUT2D eigenvalue weighted by molar-refractivity contribution is 0.0683. The first-order valence-corrected chi connectivity index (χ1v) is 6.35. The summed E-state index contributed by atoms with van der Waals surface area (Å²) in [4.78, 5) is 14.9. The average Bonchev–Trinajstić information content (AvgIpc) is 2.79.